The van der Waals surface area contributed by atoms with E-state index in [-0.39, 0.29) is 6.54 Å². The van der Waals surface area contributed by atoms with Crippen LogP contribution in [0.2, 0.25) is 0 Å². The third-order valence-corrected chi connectivity index (χ3v) is 1.86. The first-order valence-corrected chi connectivity index (χ1v) is 3.95. The van der Waals surface area contributed by atoms with Gasteiger partial charge in [0.2, 0.25) is 0 Å². The normalized spacial score (nSPS) is 9.57. The molecule has 0 aliphatic heterocycles. The second kappa shape index (κ2) is 3.15. The third-order valence-electron chi connectivity index (χ3n) is 1.86. The van der Waals surface area contributed by atoms with Gasteiger partial charge in [-0.05, 0) is 18.2 Å². The van der Waals surface area contributed by atoms with Gasteiger partial charge >= 0.3 is 0 Å². The molecule has 0 saturated carbocycles. The van der Waals surface area contributed by atoms with Crippen LogP contribution in [-0.4, -0.2) is 15.0 Å². The summed E-state index contributed by atoms with van der Waals surface area (Å²) in [5.41, 5.74) is 1.95. The Bertz CT molecular complexity index is 555. The van der Waals surface area contributed by atoms with Gasteiger partial charge in [-0.15, -0.1) is 5.10 Å². The van der Waals surface area contributed by atoms with Crippen molar-refractivity contribution in [3.8, 4) is 12.1 Å². The fourth-order valence-electron chi connectivity index (χ4n) is 1.22. The molecule has 14 heavy (non-hydrogen) atoms. The van der Waals surface area contributed by atoms with E-state index in [9.17, 15) is 0 Å². The monoisotopic (exact) mass is 183 g/mol. The summed E-state index contributed by atoms with van der Waals surface area (Å²) in [5, 5.41) is 24.9. The van der Waals surface area contributed by atoms with Gasteiger partial charge in [0, 0.05) is 0 Å². The molecule has 0 bridgehead atoms. The van der Waals surface area contributed by atoms with Gasteiger partial charge in [-0.2, -0.15) is 10.5 Å². The van der Waals surface area contributed by atoms with E-state index in [1.807, 2.05) is 12.1 Å². The SMILES string of the molecule is N#CCn1nnc2ccc(C#N)cc21. The van der Waals surface area contributed by atoms with Gasteiger partial charge < -0.3 is 0 Å². The Labute approximate surface area is 79.8 Å². The topological polar surface area (TPSA) is 78.3 Å². The molecule has 0 radical (unpaired) electrons. The summed E-state index contributed by atoms with van der Waals surface area (Å²) in [6.45, 7) is 0.144. The maximum absolute atomic E-state index is 8.69. The van der Waals surface area contributed by atoms with Gasteiger partial charge in [0.05, 0.1) is 23.2 Å². The largest absolute Gasteiger partial charge is 0.230 e. The minimum absolute atomic E-state index is 0.144. The molecule has 2 rings (SSSR count). The Morgan fingerprint density at radius 3 is 2.93 bits per heavy atom. The molecule has 0 atom stereocenters. The smallest absolute Gasteiger partial charge is 0.130 e. The van der Waals surface area contributed by atoms with E-state index in [0.29, 0.717) is 16.6 Å². The van der Waals surface area contributed by atoms with Crippen molar-refractivity contribution in [1.82, 2.24) is 15.0 Å². The summed E-state index contributed by atoms with van der Waals surface area (Å²) in [5.74, 6) is 0. The van der Waals surface area contributed by atoms with Crippen molar-refractivity contribution in [2.24, 2.45) is 0 Å². The quantitative estimate of drug-likeness (QED) is 0.655. The maximum atomic E-state index is 8.69. The molecule has 2 aromatic rings. The zero-order valence-corrected chi connectivity index (χ0v) is 7.18. The molecule has 0 fully saturated rings. The average Bonchev–Trinajstić information content (AvgIpc) is 2.61. The van der Waals surface area contributed by atoms with Crippen LogP contribution in [0.3, 0.4) is 0 Å². The van der Waals surface area contributed by atoms with Crippen molar-refractivity contribution in [1.29, 1.82) is 10.5 Å². The number of hydrogen-bond acceptors (Lipinski definition) is 4. The van der Waals surface area contributed by atoms with E-state index >= 15 is 0 Å². The lowest BCUT2D eigenvalue weighted by molar-refractivity contribution is 0.689. The van der Waals surface area contributed by atoms with Gasteiger partial charge in [0.25, 0.3) is 0 Å². The number of hydrogen-bond donors (Lipinski definition) is 0. The fraction of sp³-hybridized carbons (Fsp3) is 0.111. The number of aromatic nitrogens is 3. The van der Waals surface area contributed by atoms with E-state index in [0.717, 1.165) is 0 Å². The van der Waals surface area contributed by atoms with Gasteiger partial charge in [-0.25, -0.2) is 4.68 Å². The van der Waals surface area contributed by atoms with Crippen LogP contribution in [0.1, 0.15) is 5.56 Å². The van der Waals surface area contributed by atoms with Crippen LogP contribution >= 0.6 is 0 Å². The number of nitriles is 2. The van der Waals surface area contributed by atoms with Crippen LogP contribution in [0, 0.1) is 22.7 Å². The second-order valence-corrected chi connectivity index (χ2v) is 2.72. The van der Waals surface area contributed by atoms with Gasteiger partial charge in [-0.1, -0.05) is 5.21 Å². The van der Waals surface area contributed by atoms with Gasteiger partial charge in [0.15, 0.2) is 0 Å². The van der Waals surface area contributed by atoms with E-state index in [1.54, 1.807) is 18.2 Å². The lowest BCUT2D eigenvalue weighted by Crippen LogP contribution is -1.97. The number of nitrogens with zero attached hydrogens (tertiary/aromatic N) is 5. The molecule has 5 heteroatoms. The van der Waals surface area contributed by atoms with Gasteiger partial charge in [0.1, 0.15) is 12.1 Å². The van der Waals surface area contributed by atoms with Crippen molar-refractivity contribution in [2.75, 3.05) is 0 Å². The van der Waals surface area contributed by atoms with Crippen LogP contribution in [0.4, 0.5) is 0 Å². The zero-order valence-electron chi connectivity index (χ0n) is 7.18. The van der Waals surface area contributed by atoms with Crippen LogP contribution in [-0.2, 0) is 6.54 Å². The average molecular weight is 183 g/mol. The highest BCUT2D eigenvalue weighted by Crippen LogP contribution is 2.12. The number of fused-ring (bicyclic) bond motifs is 1. The predicted molar refractivity (Wildman–Crippen MR) is 47.9 cm³/mol. The van der Waals surface area contributed by atoms with E-state index < -0.39 is 0 Å². The molecular formula is C9H5N5. The Morgan fingerprint density at radius 2 is 2.21 bits per heavy atom. The van der Waals surface area contributed by atoms with Crippen LogP contribution in [0.5, 0.6) is 0 Å². The van der Waals surface area contributed by atoms with Crippen molar-refractivity contribution >= 4 is 11.0 Å². The summed E-state index contributed by atoms with van der Waals surface area (Å²) >= 11 is 0. The highest BCUT2D eigenvalue weighted by atomic mass is 15.4. The van der Waals surface area contributed by atoms with E-state index in [4.69, 9.17) is 10.5 Å². The molecule has 0 unspecified atom stereocenters. The third kappa shape index (κ3) is 1.17. The molecule has 0 aliphatic rings. The highest BCUT2D eigenvalue weighted by Gasteiger charge is 2.04. The molecule has 0 N–H and O–H groups in total. The molecule has 1 aromatic carbocycles. The lowest BCUT2D eigenvalue weighted by atomic mass is 10.2. The van der Waals surface area contributed by atoms with Crippen molar-refractivity contribution in [2.45, 2.75) is 6.54 Å². The Kier molecular flexibility index (Phi) is 1.85. The summed E-state index contributed by atoms with van der Waals surface area (Å²) in [6, 6.07) is 9.07. The molecule has 0 saturated heterocycles. The molecule has 1 aromatic heterocycles. The standard InChI is InChI=1S/C9H5N5/c10-3-4-14-9-5-7(6-11)1-2-8(9)12-13-14/h1-2,5H,4H2. The van der Waals surface area contributed by atoms with Crippen molar-refractivity contribution in [3.05, 3.63) is 23.8 Å². The molecule has 1 heterocycles. The first kappa shape index (κ1) is 8.21. The zero-order chi connectivity index (χ0) is 9.97. The molecule has 0 aliphatic carbocycles. The summed E-state index contributed by atoms with van der Waals surface area (Å²) < 4.78 is 1.47. The van der Waals surface area contributed by atoms with Crippen molar-refractivity contribution < 1.29 is 0 Å². The second-order valence-electron chi connectivity index (χ2n) is 2.72. The lowest BCUT2D eigenvalue weighted by Gasteiger charge is -1.93. The Morgan fingerprint density at radius 1 is 1.36 bits per heavy atom. The van der Waals surface area contributed by atoms with Crippen LogP contribution in [0.25, 0.3) is 11.0 Å². The molecule has 0 spiro atoms. The number of benzene rings is 1. The van der Waals surface area contributed by atoms with E-state index in [2.05, 4.69) is 10.3 Å². The molecular weight excluding hydrogens is 178 g/mol. The number of rotatable bonds is 1. The highest BCUT2D eigenvalue weighted by molar-refractivity contribution is 5.75. The van der Waals surface area contributed by atoms with Crippen LogP contribution in [0.15, 0.2) is 18.2 Å². The Hall–Kier alpha value is -2.40. The minimum Gasteiger partial charge on any atom is -0.230 e. The predicted octanol–water partition coefficient (Wildman–Crippen LogP) is 0.827. The molecule has 66 valence electrons. The first-order chi connectivity index (χ1) is 6.85. The maximum Gasteiger partial charge on any atom is 0.130 e. The fourth-order valence-corrected chi connectivity index (χ4v) is 1.22. The van der Waals surface area contributed by atoms with Crippen molar-refractivity contribution in [3.63, 3.8) is 0 Å². The molecule has 0 amide bonds. The first-order valence-electron chi connectivity index (χ1n) is 3.95. The summed E-state index contributed by atoms with van der Waals surface area (Å²) in [7, 11) is 0. The molecule has 5 nitrogen and oxygen atoms in total. The van der Waals surface area contributed by atoms with Crippen LogP contribution < -0.4 is 0 Å². The van der Waals surface area contributed by atoms with E-state index in [1.165, 1.54) is 4.68 Å². The Balaban J connectivity index is 2.66. The minimum atomic E-state index is 0.144. The van der Waals surface area contributed by atoms with Gasteiger partial charge in [-0.3, -0.25) is 0 Å². The summed E-state index contributed by atoms with van der Waals surface area (Å²) in [6.07, 6.45) is 0. The summed E-state index contributed by atoms with van der Waals surface area (Å²) in [4.78, 5) is 0.